The molecular weight excluding hydrogens is 285 g/mol. The van der Waals surface area contributed by atoms with Crippen LogP contribution in [0.25, 0.3) is 0 Å². The van der Waals surface area contributed by atoms with Gasteiger partial charge in [0.15, 0.2) is 0 Å². The first kappa shape index (κ1) is 15.8. The van der Waals surface area contributed by atoms with Crippen LogP contribution in [0.1, 0.15) is 12.5 Å². The van der Waals surface area contributed by atoms with Crippen LogP contribution in [0.5, 0.6) is 0 Å². The van der Waals surface area contributed by atoms with Gasteiger partial charge in [-0.3, -0.25) is 4.79 Å². The Labute approximate surface area is 120 Å². The van der Waals surface area contributed by atoms with Gasteiger partial charge in [-0.15, -0.1) is 0 Å². The zero-order valence-electron chi connectivity index (χ0n) is 11.5. The molecule has 7 heteroatoms. The van der Waals surface area contributed by atoms with Crippen molar-refractivity contribution in [3.63, 3.8) is 0 Å². The van der Waals surface area contributed by atoms with Gasteiger partial charge in [-0.2, -0.15) is 13.2 Å². The van der Waals surface area contributed by atoms with Crippen molar-refractivity contribution in [2.24, 2.45) is 5.92 Å². The summed E-state index contributed by atoms with van der Waals surface area (Å²) in [6.45, 7) is 3.30. The van der Waals surface area contributed by atoms with Gasteiger partial charge in [0.1, 0.15) is 0 Å². The Morgan fingerprint density at radius 1 is 1.38 bits per heavy atom. The average molecular weight is 302 g/mol. The van der Waals surface area contributed by atoms with Crippen molar-refractivity contribution in [1.82, 2.24) is 5.32 Å². The number of amides is 1. The number of alkyl halides is 3. The fourth-order valence-electron chi connectivity index (χ4n) is 2.28. The standard InChI is InChI=1S/C14H17F3N2O2/c1-2-18-12-8-21-7-11(12)13(20)19-10-5-3-4-9(6-10)14(15,16)17/h3-6,11-12,18H,2,7-8H2,1H3,(H,19,20). The van der Waals surface area contributed by atoms with E-state index in [0.717, 1.165) is 12.1 Å². The van der Waals surface area contributed by atoms with Crippen LogP contribution in [0, 0.1) is 5.92 Å². The number of rotatable bonds is 4. The van der Waals surface area contributed by atoms with E-state index in [9.17, 15) is 18.0 Å². The molecule has 2 N–H and O–H groups in total. The van der Waals surface area contributed by atoms with Crippen molar-refractivity contribution < 1.29 is 22.7 Å². The summed E-state index contributed by atoms with van der Waals surface area (Å²) in [4.78, 5) is 12.1. The second-order valence-electron chi connectivity index (χ2n) is 4.88. The number of likely N-dealkylation sites (N-methyl/N-ethyl adjacent to an activating group) is 1. The number of nitrogens with one attached hydrogen (secondary N) is 2. The molecule has 0 spiro atoms. The highest BCUT2D eigenvalue weighted by Crippen LogP contribution is 2.30. The molecular formula is C14H17F3N2O2. The van der Waals surface area contributed by atoms with Crippen molar-refractivity contribution >= 4 is 11.6 Å². The Morgan fingerprint density at radius 2 is 2.14 bits per heavy atom. The topological polar surface area (TPSA) is 50.4 Å². The van der Waals surface area contributed by atoms with Crippen LogP contribution in [0.2, 0.25) is 0 Å². The van der Waals surface area contributed by atoms with Gasteiger partial charge in [-0.05, 0) is 24.7 Å². The lowest BCUT2D eigenvalue weighted by Gasteiger charge is -2.18. The van der Waals surface area contributed by atoms with Crippen LogP contribution in [0.15, 0.2) is 24.3 Å². The zero-order chi connectivity index (χ0) is 15.5. The predicted molar refractivity (Wildman–Crippen MR) is 71.8 cm³/mol. The smallest absolute Gasteiger partial charge is 0.379 e. The maximum atomic E-state index is 12.6. The van der Waals surface area contributed by atoms with Crippen LogP contribution in [0.4, 0.5) is 18.9 Å². The lowest BCUT2D eigenvalue weighted by Crippen LogP contribution is -2.41. The largest absolute Gasteiger partial charge is 0.416 e. The van der Waals surface area contributed by atoms with Crippen LogP contribution in [0.3, 0.4) is 0 Å². The van der Waals surface area contributed by atoms with Crippen molar-refractivity contribution in [1.29, 1.82) is 0 Å². The van der Waals surface area contributed by atoms with Gasteiger partial charge in [0.2, 0.25) is 5.91 Å². The first-order valence-electron chi connectivity index (χ1n) is 6.71. The Morgan fingerprint density at radius 3 is 2.81 bits per heavy atom. The predicted octanol–water partition coefficient (Wildman–Crippen LogP) is 2.27. The van der Waals surface area contributed by atoms with Gasteiger partial charge in [0.25, 0.3) is 0 Å². The highest BCUT2D eigenvalue weighted by atomic mass is 19.4. The molecule has 0 aliphatic carbocycles. The Kier molecular flexibility index (Phi) is 4.84. The summed E-state index contributed by atoms with van der Waals surface area (Å²) in [7, 11) is 0. The lowest BCUT2D eigenvalue weighted by atomic mass is 10.0. The van der Waals surface area contributed by atoms with Gasteiger partial charge in [0.05, 0.1) is 24.7 Å². The van der Waals surface area contributed by atoms with E-state index in [2.05, 4.69) is 10.6 Å². The molecule has 4 nitrogen and oxygen atoms in total. The quantitative estimate of drug-likeness (QED) is 0.897. The lowest BCUT2D eigenvalue weighted by molar-refractivity contribution is -0.137. The molecule has 1 amide bonds. The molecule has 1 aromatic rings. The summed E-state index contributed by atoms with van der Waals surface area (Å²) in [5.74, 6) is -0.739. The van der Waals surface area contributed by atoms with Crippen molar-refractivity contribution in [3.8, 4) is 0 Å². The minimum atomic E-state index is -4.43. The van der Waals surface area contributed by atoms with E-state index < -0.39 is 17.7 Å². The van der Waals surface area contributed by atoms with E-state index in [1.807, 2.05) is 6.92 Å². The summed E-state index contributed by atoms with van der Waals surface area (Å²) >= 11 is 0. The molecule has 21 heavy (non-hydrogen) atoms. The van der Waals surface area contributed by atoms with E-state index >= 15 is 0 Å². The summed E-state index contributed by atoms with van der Waals surface area (Å²) in [6, 6.07) is 4.49. The normalized spacial score (nSPS) is 22.3. The molecule has 0 saturated carbocycles. The van der Waals surface area contributed by atoms with Crippen LogP contribution in [-0.4, -0.2) is 31.7 Å². The summed E-state index contributed by atoms with van der Waals surface area (Å²) in [5, 5.41) is 5.66. The third kappa shape index (κ3) is 3.95. The molecule has 1 heterocycles. The van der Waals surface area contributed by atoms with Gasteiger partial charge < -0.3 is 15.4 Å². The number of benzene rings is 1. The Balaban J connectivity index is 2.06. The fourth-order valence-corrected chi connectivity index (χ4v) is 2.28. The molecule has 1 aliphatic heterocycles. The van der Waals surface area contributed by atoms with E-state index in [4.69, 9.17) is 4.74 Å². The van der Waals surface area contributed by atoms with Gasteiger partial charge in [-0.1, -0.05) is 13.0 Å². The third-order valence-electron chi connectivity index (χ3n) is 3.34. The third-order valence-corrected chi connectivity index (χ3v) is 3.34. The van der Waals surface area contributed by atoms with Crippen LogP contribution < -0.4 is 10.6 Å². The van der Waals surface area contributed by atoms with E-state index in [-0.39, 0.29) is 24.2 Å². The molecule has 0 radical (unpaired) electrons. The van der Waals surface area contributed by atoms with Gasteiger partial charge >= 0.3 is 6.18 Å². The molecule has 116 valence electrons. The van der Waals surface area contributed by atoms with Gasteiger partial charge in [-0.25, -0.2) is 0 Å². The Hall–Kier alpha value is -1.60. The van der Waals surface area contributed by atoms with Crippen LogP contribution in [-0.2, 0) is 15.7 Å². The SMILES string of the molecule is CCNC1COCC1C(=O)Nc1cccc(C(F)(F)F)c1. The molecule has 1 fully saturated rings. The molecule has 1 aliphatic rings. The zero-order valence-corrected chi connectivity index (χ0v) is 11.5. The second kappa shape index (κ2) is 6.44. The summed E-state index contributed by atoms with van der Waals surface area (Å²) in [5.41, 5.74) is -0.650. The fraction of sp³-hybridized carbons (Fsp3) is 0.500. The molecule has 2 atom stereocenters. The maximum absolute atomic E-state index is 12.6. The van der Waals surface area contributed by atoms with E-state index in [0.29, 0.717) is 13.2 Å². The average Bonchev–Trinajstić information content (AvgIpc) is 2.87. The highest BCUT2D eigenvalue weighted by Gasteiger charge is 2.34. The van der Waals surface area contributed by atoms with Gasteiger partial charge in [0, 0.05) is 11.7 Å². The minimum Gasteiger partial charge on any atom is -0.379 e. The van der Waals surface area contributed by atoms with Crippen molar-refractivity contribution in [2.45, 2.75) is 19.1 Å². The number of ether oxygens (including phenoxy) is 1. The van der Waals surface area contributed by atoms with Crippen molar-refractivity contribution in [3.05, 3.63) is 29.8 Å². The monoisotopic (exact) mass is 302 g/mol. The first-order chi connectivity index (χ1) is 9.91. The minimum absolute atomic E-state index is 0.110. The number of hydrogen-bond donors (Lipinski definition) is 2. The number of carbonyl (C=O) groups excluding carboxylic acids is 1. The maximum Gasteiger partial charge on any atom is 0.416 e. The Bertz CT molecular complexity index is 505. The van der Waals surface area contributed by atoms with E-state index in [1.165, 1.54) is 12.1 Å². The molecule has 1 saturated heterocycles. The number of anilines is 1. The number of hydrogen-bond acceptors (Lipinski definition) is 3. The second-order valence-corrected chi connectivity index (χ2v) is 4.88. The molecule has 0 bridgehead atoms. The summed E-state index contributed by atoms with van der Waals surface area (Å²) in [6.07, 6.45) is -4.43. The number of carbonyl (C=O) groups is 1. The van der Waals surface area contributed by atoms with Crippen molar-refractivity contribution in [2.75, 3.05) is 25.1 Å². The molecule has 2 rings (SSSR count). The summed E-state index contributed by atoms with van der Waals surface area (Å²) < 4.78 is 43.1. The molecule has 0 aromatic heterocycles. The molecule has 2 unspecified atom stereocenters. The molecule has 1 aromatic carbocycles. The van der Waals surface area contributed by atoms with E-state index in [1.54, 1.807) is 0 Å². The first-order valence-corrected chi connectivity index (χ1v) is 6.71. The number of halogens is 3. The highest BCUT2D eigenvalue weighted by molar-refractivity contribution is 5.93. The van der Waals surface area contributed by atoms with Crippen LogP contribution >= 0.6 is 0 Å².